The molecule has 30 heavy (non-hydrogen) atoms. The van der Waals surface area contributed by atoms with E-state index in [1.54, 1.807) is 25.1 Å². The molecule has 0 saturated heterocycles. The van der Waals surface area contributed by atoms with Gasteiger partial charge in [-0.05, 0) is 53.4 Å². The van der Waals surface area contributed by atoms with Crippen LogP contribution in [0.2, 0.25) is 0 Å². The van der Waals surface area contributed by atoms with Crippen molar-refractivity contribution in [3.8, 4) is 11.5 Å². The molecule has 1 N–H and O–H groups in total. The molecular formula is C21H20O7S2. The van der Waals surface area contributed by atoms with Crippen molar-refractivity contribution in [3.63, 3.8) is 0 Å². The zero-order chi connectivity index (χ0) is 22.1. The highest BCUT2D eigenvalue weighted by Crippen LogP contribution is 2.34. The van der Waals surface area contributed by atoms with Crippen molar-refractivity contribution < 1.29 is 31.5 Å². The third-order valence-corrected chi connectivity index (χ3v) is 7.38. The molecule has 158 valence electrons. The van der Waals surface area contributed by atoms with Crippen LogP contribution in [0.3, 0.4) is 0 Å². The summed E-state index contributed by atoms with van der Waals surface area (Å²) in [5.41, 5.74) is 0.488. The Morgan fingerprint density at radius 3 is 2.13 bits per heavy atom. The highest BCUT2D eigenvalue weighted by molar-refractivity contribution is 7.91. The number of rotatable bonds is 7. The average molecular weight is 449 g/mol. The normalized spacial score (nSPS) is 12.1. The minimum Gasteiger partial charge on any atom is -0.481 e. The Kier molecular flexibility index (Phi) is 5.87. The molecule has 9 heteroatoms. The molecule has 0 aliphatic heterocycles. The number of carboxylic acids is 1. The van der Waals surface area contributed by atoms with Gasteiger partial charge < -0.3 is 9.84 Å². The number of ether oxygens (including phenoxy) is 1. The fourth-order valence-corrected chi connectivity index (χ4v) is 4.49. The van der Waals surface area contributed by atoms with Gasteiger partial charge in [0.15, 0.2) is 19.7 Å². The Bertz CT molecular complexity index is 1320. The lowest BCUT2D eigenvalue weighted by Crippen LogP contribution is -2.03. The van der Waals surface area contributed by atoms with Crippen LogP contribution in [0, 0.1) is 0 Å². The van der Waals surface area contributed by atoms with Crippen LogP contribution in [-0.2, 0) is 30.9 Å². The molecule has 0 bridgehead atoms. The molecule has 0 fully saturated rings. The minimum atomic E-state index is -3.45. The van der Waals surface area contributed by atoms with Crippen molar-refractivity contribution in [2.24, 2.45) is 0 Å². The van der Waals surface area contributed by atoms with E-state index >= 15 is 0 Å². The summed E-state index contributed by atoms with van der Waals surface area (Å²) in [6.45, 7) is 1.55. The fraction of sp³-hybridized carbons (Fsp3) is 0.190. The van der Waals surface area contributed by atoms with Gasteiger partial charge in [0.2, 0.25) is 0 Å². The Balaban J connectivity index is 2.10. The van der Waals surface area contributed by atoms with Crippen LogP contribution in [0.5, 0.6) is 11.5 Å². The summed E-state index contributed by atoms with van der Waals surface area (Å²) in [4.78, 5) is 11.4. The summed E-state index contributed by atoms with van der Waals surface area (Å²) in [7, 11) is -6.81. The van der Waals surface area contributed by atoms with E-state index in [1.807, 2.05) is 0 Å². The standard InChI is InChI=1S/C21H20O7S2/c1-3-30(26,27)17-8-5-16(6-9-17)28-20-11-14(12-21(22)23)10-15-4-7-18(13-19(15)20)29(2,24)25/h4-11,13H,3,12H2,1-2H3,(H,22,23). The lowest BCUT2D eigenvalue weighted by atomic mass is 10.0. The molecular weight excluding hydrogens is 428 g/mol. The maximum Gasteiger partial charge on any atom is 0.307 e. The van der Waals surface area contributed by atoms with E-state index < -0.39 is 25.6 Å². The highest BCUT2D eigenvalue weighted by atomic mass is 32.2. The first-order chi connectivity index (χ1) is 14.0. The number of sulfone groups is 2. The molecule has 0 saturated carbocycles. The minimum absolute atomic E-state index is 0.0245. The van der Waals surface area contributed by atoms with Crippen molar-refractivity contribution in [1.82, 2.24) is 0 Å². The number of benzene rings is 3. The number of carbonyl (C=O) groups is 1. The summed E-state index contributed by atoms with van der Waals surface area (Å²) in [5.74, 6) is -0.422. The molecule has 0 heterocycles. The van der Waals surface area contributed by atoms with E-state index in [0.717, 1.165) is 6.26 Å². The van der Waals surface area contributed by atoms with Crippen molar-refractivity contribution in [1.29, 1.82) is 0 Å². The Labute approximate surface area is 174 Å². The van der Waals surface area contributed by atoms with Gasteiger partial charge in [0.1, 0.15) is 11.5 Å². The van der Waals surface area contributed by atoms with Gasteiger partial charge in [0.05, 0.1) is 22.0 Å². The van der Waals surface area contributed by atoms with Crippen LogP contribution in [-0.4, -0.2) is 39.9 Å². The van der Waals surface area contributed by atoms with Gasteiger partial charge in [-0.25, -0.2) is 16.8 Å². The van der Waals surface area contributed by atoms with Crippen LogP contribution >= 0.6 is 0 Å². The number of hydrogen-bond donors (Lipinski definition) is 1. The van der Waals surface area contributed by atoms with Gasteiger partial charge in [-0.1, -0.05) is 19.1 Å². The second-order valence-corrected chi connectivity index (χ2v) is 11.1. The number of carboxylic acid groups (broad SMARTS) is 1. The molecule has 0 amide bonds. The third-order valence-electron chi connectivity index (χ3n) is 4.52. The summed E-state index contributed by atoms with van der Waals surface area (Å²) < 4.78 is 53.7. The SMILES string of the molecule is CCS(=O)(=O)c1ccc(Oc2cc(CC(=O)O)cc3ccc(S(C)(=O)=O)cc23)cc1. The van der Waals surface area contributed by atoms with Gasteiger partial charge in [-0.3, -0.25) is 4.79 Å². The van der Waals surface area contributed by atoms with Crippen molar-refractivity contribution in [2.45, 2.75) is 23.1 Å². The zero-order valence-electron chi connectivity index (χ0n) is 16.3. The number of fused-ring (bicyclic) bond motifs is 1. The summed E-state index contributed by atoms with van der Waals surface area (Å²) in [6, 6.07) is 13.6. The van der Waals surface area contributed by atoms with Gasteiger partial charge in [0.25, 0.3) is 0 Å². The zero-order valence-corrected chi connectivity index (χ0v) is 18.0. The molecule has 0 aliphatic carbocycles. The van der Waals surface area contributed by atoms with E-state index in [1.165, 1.54) is 36.4 Å². The molecule has 3 aromatic carbocycles. The first-order valence-corrected chi connectivity index (χ1v) is 12.5. The lowest BCUT2D eigenvalue weighted by Gasteiger charge is -2.13. The van der Waals surface area contributed by atoms with E-state index in [0.29, 0.717) is 22.1 Å². The fourth-order valence-electron chi connectivity index (χ4n) is 2.96. The lowest BCUT2D eigenvalue weighted by molar-refractivity contribution is -0.136. The Hall–Kier alpha value is -2.91. The molecule has 3 aromatic rings. The maximum absolute atomic E-state index is 12.0. The molecule has 0 spiro atoms. The molecule has 0 radical (unpaired) electrons. The molecule has 0 atom stereocenters. The quantitative estimate of drug-likeness (QED) is 0.588. The van der Waals surface area contributed by atoms with E-state index in [9.17, 15) is 21.6 Å². The summed E-state index contributed by atoms with van der Waals surface area (Å²) in [5, 5.41) is 10.2. The monoisotopic (exact) mass is 448 g/mol. The molecule has 0 aliphatic rings. The van der Waals surface area contributed by atoms with Crippen LogP contribution in [0.1, 0.15) is 12.5 Å². The van der Waals surface area contributed by atoms with Crippen LogP contribution in [0.25, 0.3) is 10.8 Å². The van der Waals surface area contributed by atoms with Gasteiger partial charge in [0, 0.05) is 11.6 Å². The van der Waals surface area contributed by atoms with Crippen LogP contribution in [0.15, 0.2) is 64.4 Å². The predicted molar refractivity (Wildman–Crippen MR) is 113 cm³/mol. The highest BCUT2D eigenvalue weighted by Gasteiger charge is 2.15. The van der Waals surface area contributed by atoms with Gasteiger partial charge in [-0.2, -0.15) is 0 Å². The molecule has 7 nitrogen and oxygen atoms in total. The topological polar surface area (TPSA) is 115 Å². The van der Waals surface area contributed by atoms with Crippen molar-refractivity contribution >= 4 is 36.4 Å². The van der Waals surface area contributed by atoms with E-state index in [2.05, 4.69) is 0 Å². The van der Waals surface area contributed by atoms with Crippen molar-refractivity contribution in [3.05, 3.63) is 60.2 Å². The maximum atomic E-state index is 12.0. The second kappa shape index (κ2) is 8.08. The third kappa shape index (κ3) is 4.80. The van der Waals surface area contributed by atoms with E-state index in [4.69, 9.17) is 9.84 Å². The summed E-state index contributed by atoms with van der Waals surface area (Å²) in [6.07, 6.45) is 0.869. The number of hydrogen-bond acceptors (Lipinski definition) is 6. The average Bonchev–Trinajstić information content (AvgIpc) is 2.67. The van der Waals surface area contributed by atoms with E-state index in [-0.39, 0.29) is 27.7 Å². The predicted octanol–water partition coefficient (Wildman–Crippen LogP) is 3.46. The molecule has 0 aromatic heterocycles. The van der Waals surface area contributed by atoms with Crippen molar-refractivity contribution in [2.75, 3.05) is 12.0 Å². The van der Waals surface area contributed by atoms with Gasteiger partial charge in [-0.15, -0.1) is 0 Å². The second-order valence-electron chi connectivity index (χ2n) is 6.80. The van der Waals surface area contributed by atoms with Crippen LogP contribution < -0.4 is 4.74 Å². The smallest absolute Gasteiger partial charge is 0.307 e. The molecule has 3 rings (SSSR count). The summed E-state index contributed by atoms with van der Waals surface area (Å²) >= 11 is 0. The number of aliphatic carboxylic acids is 1. The van der Waals surface area contributed by atoms with Gasteiger partial charge >= 0.3 is 5.97 Å². The van der Waals surface area contributed by atoms with Crippen LogP contribution in [0.4, 0.5) is 0 Å². The first-order valence-electron chi connectivity index (χ1n) is 8.99. The Morgan fingerprint density at radius 1 is 0.933 bits per heavy atom. The Morgan fingerprint density at radius 2 is 1.57 bits per heavy atom. The first kappa shape index (κ1) is 21.8. The molecule has 0 unspecified atom stereocenters. The largest absolute Gasteiger partial charge is 0.481 e.